The Labute approximate surface area is 167 Å². The van der Waals surface area contributed by atoms with Crippen LogP contribution >= 0.6 is 0 Å². The number of aromatic amines is 1. The Hall–Kier alpha value is -3.38. The summed E-state index contributed by atoms with van der Waals surface area (Å²) in [4.78, 5) is 4.11. The van der Waals surface area contributed by atoms with Crippen molar-refractivity contribution in [3.8, 4) is 22.5 Å². The minimum Gasteiger partial charge on any atom is -0.312 e. The van der Waals surface area contributed by atoms with Gasteiger partial charge in [0.25, 0.3) is 0 Å². The molecule has 0 fully saturated rings. The van der Waals surface area contributed by atoms with E-state index < -0.39 is 11.6 Å². The molecule has 0 unspecified atom stereocenters. The second-order valence-corrected chi connectivity index (χ2v) is 6.75. The number of rotatable bonds is 7. The lowest BCUT2D eigenvalue weighted by atomic mass is 10.0. The summed E-state index contributed by atoms with van der Waals surface area (Å²) in [5.41, 5.74) is 3.22. The minimum atomic E-state index is -0.558. The maximum absolute atomic E-state index is 14.6. The van der Waals surface area contributed by atoms with Gasteiger partial charge in [-0.15, -0.1) is 0 Å². The molecule has 0 radical (unpaired) electrons. The normalized spacial score (nSPS) is 11.0. The standard InChI is InChI=1S/C23H20F2N4/c24-21-12-19(17-7-4-8-18(11-17)23-27-15-28-29-23)13-22(25)20(21)14-26-10-9-16-5-2-1-3-6-16/h1-8,11-13,15,26H,9-10,14H2,(H,27,28,29). The van der Waals surface area contributed by atoms with Gasteiger partial charge in [0.2, 0.25) is 0 Å². The van der Waals surface area contributed by atoms with Gasteiger partial charge >= 0.3 is 0 Å². The third-order valence-electron chi connectivity index (χ3n) is 4.76. The van der Waals surface area contributed by atoms with Crippen molar-refractivity contribution in [2.24, 2.45) is 0 Å². The summed E-state index contributed by atoms with van der Waals surface area (Å²) in [5.74, 6) is -0.512. The first-order valence-corrected chi connectivity index (χ1v) is 9.39. The Kier molecular flexibility index (Phi) is 5.72. The van der Waals surface area contributed by atoms with Crippen LogP contribution in [0.4, 0.5) is 8.78 Å². The Morgan fingerprint density at radius 2 is 1.59 bits per heavy atom. The van der Waals surface area contributed by atoms with E-state index in [1.54, 1.807) is 0 Å². The lowest BCUT2D eigenvalue weighted by Crippen LogP contribution is -2.18. The van der Waals surface area contributed by atoms with E-state index >= 15 is 0 Å². The molecule has 1 aromatic heterocycles. The monoisotopic (exact) mass is 390 g/mol. The van der Waals surface area contributed by atoms with Crippen LogP contribution in [0.2, 0.25) is 0 Å². The average molecular weight is 390 g/mol. The molecule has 0 aliphatic carbocycles. The molecule has 6 heteroatoms. The number of H-pyrrole nitrogens is 1. The number of hydrogen-bond donors (Lipinski definition) is 2. The van der Waals surface area contributed by atoms with Crippen molar-refractivity contribution in [3.05, 3.63) is 95.8 Å². The first-order valence-electron chi connectivity index (χ1n) is 9.39. The molecule has 0 atom stereocenters. The van der Waals surface area contributed by atoms with Crippen molar-refractivity contribution in [2.45, 2.75) is 13.0 Å². The zero-order chi connectivity index (χ0) is 20.1. The van der Waals surface area contributed by atoms with Crippen LogP contribution in [0.15, 0.2) is 73.1 Å². The molecular weight excluding hydrogens is 370 g/mol. The molecule has 29 heavy (non-hydrogen) atoms. The Bertz CT molecular complexity index is 1060. The zero-order valence-corrected chi connectivity index (χ0v) is 15.7. The van der Waals surface area contributed by atoms with Gasteiger partial charge < -0.3 is 5.32 Å². The number of hydrogen-bond acceptors (Lipinski definition) is 3. The first-order chi connectivity index (χ1) is 14.2. The molecule has 4 rings (SSSR count). The second kappa shape index (κ2) is 8.75. The highest BCUT2D eigenvalue weighted by atomic mass is 19.1. The van der Waals surface area contributed by atoms with E-state index in [-0.39, 0.29) is 12.1 Å². The molecule has 0 saturated carbocycles. The van der Waals surface area contributed by atoms with Gasteiger partial charge in [-0.3, -0.25) is 5.10 Å². The summed E-state index contributed by atoms with van der Waals surface area (Å²) in [6.45, 7) is 0.784. The van der Waals surface area contributed by atoms with E-state index in [2.05, 4.69) is 20.5 Å². The molecule has 3 aromatic carbocycles. The predicted octanol–water partition coefficient (Wildman–Crippen LogP) is 4.75. The van der Waals surface area contributed by atoms with Gasteiger partial charge in [-0.1, -0.05) is 48.5 Å². The van der Waals surface area contributed by atoms with E-state index in [4.69, 9.17) is 0 Å². The highest BCUT2D eigenvalue weighted by Crippen LogP contribution is 2.27. The van der Waals surface area contributed by atoms with E-state index in [1.807, 2.05) is 54.6 Å². The summed E-state index contributed by atoms with van der Waals surface area (Å²) in [6.07, 6.45) is 2.22. The molecule has 146 valence electrons. The van der Waals surface area contributed by atoms with Crippen LogP contribution < -0.4 is 5.32 Å². The van der Waals surface area contributed by atoms with Crippen molar-refractivity contribution in [2.75, 3.05) is 6.54 Å². The van der Waals surface area contributed by atoms with Crippen molar-refractivity contribution < 1.29 is 8.78 Å². The lowest BCUT2D eigenvalue weighted by molar-refractivity contribution is 0.537. The zero-order valence-electron chi connectivity index (χ0n) is 15.7. The third kappa shape index (κ3) is 4.55. The Morgan fingerprint density at radius 1 is 0.828 bits per heavy atom. The smallest absolute Gasteiger partial charge is 0.155 e. The molecule has 0 spiro atoms. The van der Waals surface area contributed by atoms with Crippen LogP contribution in [0.3, 0.4) is 0 Å². The molecule has 0 saturated heterocycles. The molecule has 0 amide bonds. The van der Waals surface area contributed by atoms with E-state index in [0.717, 1.165) is 12.0 Å². The fourth-order valence-corrected chi connectivity index (χ4v) is 3.22. The maximum Gasteiger partial charge on any atom is 0.155 e. The summed E-state index contributed by atoms with van der Waals surface area (Å²) in [6, 6.07) is 20.0. The van der Waals surface area contributed by atoms with Gasteiger partial charge in [0.05, 0.1) is 0 Å². The van der Waals surface area contributed by atoms with Gasteiger partial charge in [0.1, 0.15) is 18.0 Å². The molecule has 2 N–H and O–H groups in total. The summed E-state index contributed by atoms with van der Waals surface area (Å²) in [7, 11) is 0. The van der Waals surface area contributed by atoms with E-state index in [0.29, 0.717) is 23.5 Å². The van der Waals surface area contributed by atoms with Crippen molar-refractivity contribution in [3.63, 3.8) is 0 Å². The number of aromatic nitrogens is 3. The van der Waals surface area contributed by atoms with Crippen molar-refractivity contribution >= 4 is 0 Å². The van der Waals surface area contributed by atoms with E-state index in [1.165, 1.54) is 24.0 Å². The first kappa shape index (κ1) is 19.0. The Morgan fingerprint density at radius 3 is 2.31 bits per heavy atom. The number of nitrogens with zero attached hydrogens (tertiary/aromatic N) is 2. The highest BCUT2D eigenvalue weighted by molar-refractivity contribution is 5.70. The fraction of sp³-hybridized carbons (Fsp3) is 0.130. The molecule has 0 aliphatic rings. The van der Waals surface area contributed by atoms with Gasteiger partial charge in [-0.05, 0) is 47.9 Å². The van der Waals surface area contributed by atoms with Crippen LogP contribution in [0, 0.1) is 11.6 Å². The predicted molar refractivity (Wildman–Crippen MR) is 109 cm³/mol. The topological polar surface area (TPSA) is 53.6 Å². The van der Waals surface area contributed by atoms with E-state index in [9.17, 15) is 8.78 Å². The van der Waals surface area contributed by atoms with Crippen LogP contribution in [0.1, 0.15) is 11.1 Å². The summed E-state index contributed by atoms with van der Waals surface area (Å²) < 4.78 is 29.2. The average Bonchev–Trinajstić information content (AvgIpc) is 3.28. The van der Waals surface area contributed by atoms with Crippen LogP contribution in [-0.2, 0) is 13.0 Å². The van der Waals surface area contributed by atoms with Crippen LogP contribution in [0.5, 0.6) is 0 Å². The summed E-state index contributed by atoms with van der Waals surface area (Å²) >= 11 is 0. The number of nitrogens with one attached hydrogen (secondary N) is 2. The summed E-state index contributed by atoms with van der Waals surface area (Å²) in [5, 5.41) is 9.74. The lowest BCUT2D eigenvalue weighted by Gasteiger charge is -2.10. The van der Waals surface area contributed by atoms with Gasteiger partial charge in [0.15, 0.2) is 5.82 Å². The molecule has 4 aromatic rings. The molecule has 4 nitrogen and oxygen atoms in total. The number of benzene rings is 3. The SMILES string of the molecule is Fc1cc(-c2cccc(-c3ncn[nH]3)c2)cc(F)c1CNCCc1ccccc1. The molecule has 0 bridgehead atoms. The molecular formula is C23H20F2N4. The van der Waals surface area contributed by atoms with Gasteiger partial charge in [-0.25, -0.2) is 13.8 Å². The quantitative estimate of drug-likeness (QED) is 0.448. The number of halogens is 2. The van der Waals surface area contributed by atoms with Crippen molar-refractivity contribution in [1.82, 2.24) is 20.5 Å². The van der Waals surface area contributed by atoms with Gasteiger partial charge in [0, 0.05) is 17.7 Å². The minimum absolute atomic E-state index is 0.0493. The second-order valence-electron chi connectivity index (χ2n) is 6.75. The van der Waals surface area contributed by atoms with Crippen LogP contribution in [0.25, 0.3) is 22.5 Å². The fourth-order valence-electron chi connectivity index (χ4n) is 3.22. The third-order valence-corrected chi connectivity index (χ3v) is 4.76. The molecule has 0 aliphatic heterocycles. The largest absolute Gasteiger partial charge is 0.312 e. The molecule has 1 heterocycles. The maximum atomic E-state index is 14.6. The van der Waals surface area contributed by atoms with Crippen LogP contribution in [-0.4, -0.2) is 21.7 Å². The van der Waals surface area contributed by atoms with Gasteiger partial charge in [-0.2, -0.15) is 5.10 Å². The highest BCUT2D eigenvalue weighted by Gasteiger charge is 2.13. The Balaban J connectivity index is 1.46. The van der Waals surface area contributed by atoms with Crippen molar-refractivity contribution in [1.29, 1.82) is 0 Å².